The van der Waals surface area contributed by atoms with E-state index in [9.17, 15) is 9.59 Å². The van der Waals surface area contributed by atoms with Gasteiger partial charge in [0.15, 0.2) is 0 Å². The maximum absolute atomic E-state index is 12.0. The molecule has 0 atom stereocenters. The molecule has 2 rings (SSSR count). The highest BCUT2D eigenvalue weighted by molar-refractivity contribution is 6.03. The SMILES string of the molecule is CCCOc1ccccc1NC(=O)c1ccc(=O)[nH]n1. The largest absolute Gasteiger partial charge is 0.491 e. The molecule has 6 heteroatoms. The van der Waals surface area contributed by atoms with E-state index >= 15 is 0 Å². The zero-order chi connectivity index (χ0) is 14.4. The molecule has 0 saturated carbocycles. The van der Waals surface area contributed by atoms with E-state index in [0.29, 0.717) is 18.0 Å². The predicted molar refractivity (Wildman–Crippen MR) is 75.0 cm³/mol. The second-order valence-corrected chi connectivity index (χ2v) is 4.11. The van der Waals surface area contributed by atoms with E-state index in [1.165, 1.54) is 12.1 Å². The molecule has 1 aromatic heterocycles. The van der Waals surface area contributed by atoms with Gasteiger partial charge in [-0.1, -0.05) is 19.1 Å². The van der Waals surface area contributed by atoms with E-state index < -0.39 is 5.91 Å². The molecule has 0 aliphatic carbocycles. The van der Waals surface area contributed by atoms with E-state index in [4.69, 9.17) is 4.74 Å². The molecule has 0 bridgehead atoms. The zero-order valence-corrected chi connectivity index (χ0v) is 11.1. The van der Waals surface area contributed by atoms with Crippen LogP contribution in [0.3, 0.4) is 0 Å². The molecule has 1 amide bonds. The number of hydrogen-bond donors (Lipinski definition) is 2. The Morgan fingerprint density at radius 1 is 1.30 bits per heavy atom. The van der Waals surface area contributed by atoms with Crippen LogP contribution in [-0.2, 0) is 0 Å². The Kier molecular flexibility index (Phi) is 4.49. The summed E-state index contributed by atoms with van der Waals surface area (Å²) in [6, 6.07) is 9.78. The number of ether oxygens (including phenoxy) is 1. The molecule has 0 radical (unpaired) electrons. The molecule has 0 aliphatic heterocycles. The van der Waals surface area contributed by atoms with Crippen molar-refractivity contribution in [2.45, 2.75) is 13.3 Å². The lowest BCUT2D eigenvalue weighted by Crippen LogP contribution is -2.18. The minimum atomic E-state index is -0.409. The molecular formula is C14H15N3O3. The summed E-state index contributed by atoms with van der Waals surface area (Å²) in [6.07, 6.45) is 0.879. The minimum Gasteiger partial charge on any atom is -0.491 e. The average molecular weight is 273 g/mol. The Balaban J connectivity index is 2.15. The van der Waals surface area contributed by atoms with E-state index in [1.54, 1.807) is 18.2 Å². The molecule has 0 aliphatic rings. The summed E-state index contributed by atoms with van der Waals surface area (Å²) >= 11 is 0. The van der Waals surface area contributed by atoms with Gasteiger partial charge in [0.05, 0.1) is 12.3 Å². The van der Waals surface area contributed by atoms with Crippen molar-refractivity contribution in [1.82, 2.24) is 10.2 Å². The number of amides is 1. The van der Waals surface area contributed by atoms with Gasteiger partial charge >= 0.3 is 0 Å². The van der Waals surface area contributed by atoms with Crippen molar-refractivity contribution in [2.24, 2.45) is 0 Å². The van der Waals surface area contributed by atoms with Crippen LogP contribution in [0.2, 0.25) is 0 Å². The van der Waals surface area contributed by atoms with Gasteiger partial charge < -0.3 is 10.1 Å². The lowest BCUT2D eigenvalue weighted by atomic mass is 10.2. The van der Waals surface area contributed by atoms with Crippen molar-refractivity contribution in [3.05, 3.63) is 52.4 Å². The van der Waals surface area contributed by atoms with Crippen LogP contribution in [0.4, 0.5) is 5.69 Å². The number of nitrogens with one attached hydrogen (secondary N) is 2. The third-order valence-electron chi connectivity index (χ3n) is 2.51. The first-order valence-electron chi connectivity index (χ1n) is 6.29. The number of nitrogens with zero attached hydrogens (tertiary/aromatic N) is 1. The first-order chi connectivity index (χ1) is 9.70. The molecule has 1 aromatic carbocycles. The number of carbonyl (C=O) groups excluding carboxylic acids is 1. The Morgan fingerprint density at radius 2 is 2.10 bits per heavy atom. The molecule has 6 nitrogen and oxygen atoms in total. The number of aromatic nitrogens is 2. The Labute approximate surface area is 115 Å². The standard InChI is InChI=1S/C14H15N3O3/c1-2-9-20-12-6-4-3-5-10(12)15-14(19)11-7-8-13(18)17-16-11/h3-8H,2,9H2,1H3,(H,15,19)(H,17,18). The third-order valence-corrected chi connectivity index (χ3v) is 2.51. The van der Waals surface area contributed by atoms with Gasteiger partial charge in [-0.15, -0.1) is 0 Å². The number of aromatic amines is 1. The number of para-hydroxylation sites is 2. The number of benzene rings is 1. The van der Waals surface area contributed by atoms with Crippen LogP contribution in [0, 0.1) is 0 Å². The second-order valence-electron chi connectivity index (χ2n) is 4.11. The molecular weight excluding hydrogens is 258 g/mol. The molecule has 2 aromatic rings. The van der Waals surface area contributed by atoms with Gasteiger partial charge in [-0.05, 0) is 24.6 Å². The van der Waals surface area contributed by atoms with Crippen LogP contribution in [0.15, 0.2) is 41.2 Å². The van der Waals surface area contributed by atoms with Crippen LogP contribution in [0.5, 0.6) is 5.75 Å². The predicted octanol–water partition coefficient (Wildman–Crippen LogP) is 1.81. The average Bonchev–Trinajstić information content (AvgIpc) is 2.47. The van der Waals surface area contributed by atoms with Crippen molar-refractivity contribution in [3.63, 3.8) is 0 Å². The summed E-state index contributed by atoms with van der Waals surface area (Å²) in [6.45, 7) is 2.58. The topological polar surface area (TPSA) is 84.1 Å². The molecule has 104 valence electrons. The van der Waals surface area contributed by atoms with Crippen molar-refractivity contribution < 1.29 is 9.53 Å². The molecule has 0 spiro atoms. The summed E-state index contributed by atoms with van der Waals surface area (Å²) in [5.74, 6) is 0.195. The fraction of sp³-hybridized carbons (Fsp3) is 0.214. The van der Waals surface area contributed by atoms with E-state index in [-0.39, 0.29) is 11.3 Å². The van der Waals surface area contributed by atoms with Crippen molar-refractivity contribution >= 4 is 11.6 Å². The molecule has 0 fully saturated rings. The smallest absolute Gasteiger partial charge is 0.276 e. The first kappa shape index (κ1) is 13.8. The summed E-state index contributed by atoms with van der Waals surface area (Å²) in [4.78, 5) is 22.9. The zero-order valence-electron chi connectivity index (χ0n) is 11.1. The van der Waals surface area contributed by atoms with Crippen LogP contribution < -0.4 is 15.6 Å². The van der Waals surface area contributed by atoms with Gasteiger partial charge in [-0.3, -0.25) is 9.59 Å². The van der Waals surface area contributed by atoms with Crippen molar-refractivity contribution in [2.75, 3.05) is 11.9 Å². The highest BCUT2D eigenvalue weighted by Gasteiger charge is 2.10. The summed E-state index contributed by atoms with van der Waals surface area (Å²) < 4.78 is 5.55. The Bertz CT molecular complexity index is 632. The number of rotatable bonds is 5. The molecule has 1 heterocycles. The van der Waals surface area contributed by atoms with Gasteiger partial charge in [0.1, 0.15) is 11.4 Å². The first-order valence-corrected chi connectivity index (χ1v) is 6.29. The van der Waals surface area contributed by atoms with Gasteiger partial charge in [0, 0.05) is 6.07 Å². The highest BCUT2D eigenvalue weighted by Crippen LogP contribution is 2.24. The maximum Gasteiger partial charge on any atom is 0.276 e. The molecule has 0 saturated heterocycles. The monoisotopic (exact) mass is 273 g/mol. The quantitative estimate of drug-likeness (QED) is 0.870. The highest BCUT2D eigenvalue weighted by atomic mass is 16.5. The number of anilines is 1. The Hall–Kier alpha value is -2.63. The van der Waals surface area contributed by atoms with Crippen molar-refractivity contribution in [3.8, 4) is 5.75 Å². The lowest BCUT2D eigenvalue weighted by Gasteiger charge is -2.11. The van der Waals surface area contributed by atoms with E-state index in [1.807, 2.05) is 13.0 Å². The van der Waals surface area contributed by atoms with E-state index in [0.717, 1.165) is 6.42 Å². The van der Waals surface area contributed by atoms with Crippen LogP contribution in [0.1, 0.15) is 23.8 Å². The fourth-order valence-electron chi connectivity index (χ4n) is 1.57. The lowest BCUT2D eigenvalue weighted by molar-refractivity contribution is 0.102. The minimum absolute atomic E-state index is 0.134. The summed E-state index contributed by atoms with van der Waals surface area (Å²) in [7, 11) is 0. The number of carbonyl (C=O) groups is 1. The fourth-order valence-corrected chi connectivity index (χ4v) is 1.57. The van der Waals surface area contributed by atoms with E-state index in [2.05, 4.69) is 15.5 Å². The van der Waals surface area contributed by atoms with Gasteiger partial charge in [-0.2, -0.15) is 5.10 Å². The van der Waals surface area contributed by atoms with Crippen molar-refractivity contribution in [1.29, 1.82) is 0 Å². The summed E-state index contributed by atoms with van der Waals surface area (Å²) in [5, 5.41) is 8.60. The van der Waals surface area contributed by atoms with Gasteiger partial charge in [-0.25, -0.2) is 5.10 Å². The van der Waals surface area contributed by atoms with Gasteiger partial charge in [0.25, 0.3) is 11.5 Å². The van der Waals surface area contributed by atoms with Crippen LogP contribution in [-0.4, -0.2) is 22.7 Å². The maximum atomic E-state index is 12.0. The van der Waals surface area contributed by atoms with Crippen LogP contribution in [0.25, 0.3) is 0 Å². The number of H-pyrrole nitrogens is 1. The molecule has 2 N–H and O–H groups in total. The molecule has 20 heavy (non-hydrogen) atoms. The Morgan fingerprint density at radius 3 is 2.80 bits per heavy atom. The normalized spacial score (nSPS) is 10.1. The van der Waals surface area contributed by atoms with Crippen LogP contribution >= 0.6 is 0 Å². The second kappa shape index (κ2) is 6.51. The van der Waals surface area contributed by atoms with Gasteiger partial charge in [0.2, 0.25) is 0 Å². The number of hydrogen-bond acceptors (Lipinski definition) is 4. The molecule has 0 unspecified atom stereocenters. The third kappa shape index (κ3) is 3.44. The summed E-state index contributed by atoms with van der Waals surface area (Å²) in [5.41, 5.74) is 0.349.